The summed E-state index contributed by atoms with van der Waals surface area (Å²) in [5.74, 6) is 0.742. The largest absolute Gasteiger partial charge is 0.0843 e. The summed E-state index contributed by atoms with van der Waals surface area (Å²) >= 11 is 5.91. The van der Waals surface area contributed by atoms with E-state index in [0.717, 1.165) is 10.9 Å². The third kappa shape index (κ3) is 2.75. The Hall–Kier alpha value is -0.490. The van der Waals surface area contributed by atoms with E-state index >= 15 is 0 Å². The molecule has 0 amide bonds. The molecule has 0 radical (unpaired) electrons. The standard InChI is InChI=1S/C14H19Cl/c1-14(2)9-3-4-12(10-14)11-5-7-13(15)8-6-11/h5-8,12H,3-4,9-10H2,1-2H3/t12-/m1/s1. The maximum atomic E-state index is 5.91. The van der Waals surface area contributed by atoms with Gasteiger partial charge in [-0.3, -0.25) is 0 Å². The Kier molecular flexibility index (Phi) is 3.06. The molecule has 0 saturated heterocycles. The average Bonchev–Trinajstić information content (AvgIpc) is 2.17. The van der Waals surface area contributed by atoms with Crippen LogP contribution in [0.2, 0.25) is 5.02 Å². The summed E-state index contributed by atoms with van der Waals surface area (Å²) in [5, 5.41) is 0.841. The van der Waals surface area contributed by atoms with Crippen LogP contribution in [0, 0.1) is 5.41 Å². The minimum Gasteiger partial charge on any atom is -0.0843 e. The van der Waals surface area contributed by atoms with Crippen LogP contribution < -0.4 is 0 Å². The van der Waals surface area contributed by atoms with Crippen molar-refractivity contribution in [2.75, 3.05) is 0 Å². The van der Waals surface area contributed by atoms with Gasteiger partial charge in [0, 0.05) is 5.02 Å². The summed E-state index contributed by atoms with van der Waals surface area (Å²) in [6.45, 7) is 4.77. The van der Waals surface area contributed by atoms with Crippen molar-refractivity contribution in [3.05, 3.63) is 34.9 Å². The highest BCUT2D eigenvalue weighted by Gasteiger charge is 2.28. The van der Waals surface area contributed by atoms with Gasteiger partial charge in [0.25, 0.3) is 0 Å². The van der Waals surface area contributed by atoms with Crippen molar-refractivity contribution in [3.63, 3.8) is 0 Å². The SMILES string of the molecule is CC1(C)CCC[C@@H](c2ccc(Cl)cc2)C1. The summed E-state index contributed by atoms with van der Waals surface area (Å²) in [6, 6.07) is 8.40. The molecular formula is C14H19Cl. The Morgan fingerprint density at radius 2 is 1.87 bits per heavy atom. The Labute approximate surface area is 97.6 Å². The molecule has 1 heteroatoms. The lowest BCUT2D eigenvalue weighted by atomic mass is 9.70. The number of benzene rings is 1. The van der Waals surface area contributed by atoms with Crippen molar-refractivity contribution >= 4 is 11.6 Å². The van der Waals surface area contributed by atoms with Gasteiger partial charge < -0.3 is 0 Å². The van der Waals surface area contributed by atoms with E-state index < -0.39 is 0 Å². The van der Waals surface area contributed by atoms with Crippen LogP contribution in [0.1, 0.15) is 51.0 Å². The Bertz CT molecular complexity index is 324. The smallest absolute Gasteiger partial charge is 0.0406 e. The minimum atomic E-state index is 0.516. The molecule has 0 unspecified atom stereocenters. The molecular weight excluding hydrogens is 204 g/mol. The summed E-state index contributed by atoms with van der Waals surface area (Å²) in [7, 11) is 0. The first-order valence-corrected chi connectivity index (χ1v) is 6.20. The summed E-state index contributed by atoms with van der Waals surface area (Å²) in [4.78, 5) is 0. The minimum absolute atomic E-state index is 0.516. The highest BCUT2D eigenvalue weighted by Crippen LogP contribution is 2.43. The van der Waals surface area contributed by atoms with Crippen LogP contribution in [0.3, 0.4) is 0 Å². The first-order chi connectivity index (χ1) is 7.07. The zero-order valence-corrected chi connectivity index (χ0v) is 10.3. The summed E-state index contributed by atoms with van der Waals surface area (Å²) in [6.07, 6.45) is 5.39. The fraction of sp³-hybridized carbons (Fsp3) is 0.571. The fourth-order valence-corrected chi connectivity index (χ4v) is 2.84. The Balaban J connectivity index is 2.13. The molecule has 0 aliphatic heterocycles. The number of hydrogen-bond donors (Lipinski definition) is 0. The predicted molar refractivity (Wildman–Crippen MR) is 66.4 cm³/mol. The molecule has 15 heavy (non-hydrogen) atoms. The molecule has 1 aromatic rings. The van der Waals surface area contributed by atoms with Crippen LogP contribution in [0.25, 0.3) is 0 Å². The molecule has 0 nitrogen and oxygen atoms in total. The van der Waals surface area contributed by atoms with Gasteiger partial charge in [0.1, 0.15) is 0 Å². The summed E-state index contributed by atoms with van der Waals surface area (Å²) in [5.41, 5.74) is 1.98. The molecule has 82 valence electrons. The van der Waals surface area contributed by atoms with Crippen LogP contribution in [0.4, 0.5) is 0 Å². The zero-order chi connectivity index (χ0) is 10.9. The van der Waals surface area contributed by atoms with E-state index in [9.17, 15) is 0 Å². The maximum Gasteiger partial charge on any atom is 0.0406 e. The van der Waals surface area contributed by atoms with E-state index in [1.807, 2.05) is 12.1 Å². The molecule has 2 rings (SSSR count). The third-order valence-corrected chi connectivity index (χ3v) is 3.80. The second-order valence-electron chi connectivity index (χ2n) is 5.51. The first-order valence-electron chi connectivity index (χ1n) is 5.82. The molecule has 0 heterocycles. The molecule has 0 N–H and O–H groups in total. The van der Waals surface area contributed by atoms with Gasteiger partial charge in [-0.1, -0.05) is 44.0 Å². The second-order valence-corrected chi connectivity index (χ2v) is 5.95. The molecule has 1 aliphatic rings. The van der Waals surface area contributed by atoms with Crippen molar-refractivity contribution in [3.8, 4) is 0 Å². The van der Waals surface area contributed by atoms with E-state index in [2.05, 4.69) is 26.0 Å². The van der Waals surface area contributed by atoms with Gasteiger partial charge >= 0.3 is 0 Å². The lowest BCUT2D eigenvalue weighted by molar-refractivity contribution is 0.219. The third-order valence-electron chi connectivity index (χ3n) is 3.55. The van der Waals surface area contributed by atoms with E-state index in [1.54, 1.807) is 0 Å². The van der Waals surface area contributed by atoms with Crippen LogP contribution in [-0.4, -0.2) is 0 Å². The van der Waals surface area contributed by atoms with Crippen molar-refractivity contribution < 1.29 is 0 Å². The molecule has 1 atom stereocenters. The zero-order valence-electron chi connectivity index (χ0n) is 9.59. The molecule has 1 saturated carbocycles. The quantitative estimate of drug-likeness (QED) is 0.626. The van der Waals surface area contributed by atoms with Crippen LogP contribution >= 0.6 is 11.6 Å². The van der Waals surface area contributed by atoms with Gasteiger partial charge in [0.05, 0.1) is 0 Å². The van der Waals surface area contributed by atoms with Gasteiger partial charge in [-0.05, 0) is 48.3 Å². The number of halogens is 1. The van der Waals surface area contributed by atoms with Gasteiger partial charge in [-0.2, -0.15) is 0 Å². The summed E-state index contributed by atoms with van der Waals surface area (Å²) < 4.78 is 0. The molecule has 1 aromatic carbocycles. The van der Waals surface area contributed by atoms with Gasteiger partial charge in [-0.15, -0.1) is 0 Å². The van der Waals surface area contributed by atoms with Crippen molar-refractivity contribution in [1.29, 1.82) is 0 Å². The maximum absolute atomic E-state index is 5.91. The van der Waals surface area contributed by atoms with Crippen LogP contribution in [0.15, 0.2) is 24.3 Å². The Morgan fingerprint density at radius 3 is 2.47 bits per heavy atom. The predicted octanol–water partition coefficient (Wildman–Crippen LogP) is 5.02. The lowest BCUT2D eigenvalue weighted by Gasteiger charge is -2.35. The van der Waals surface area contributed by atoms with E-state index in [-0.39, 0.29) is 0 Å². The van der Waals surface area contributed by atoms with Gasteiger partial charge in [0.15, 0.2) is 0 Å². The highest BCUT2D eigenvalue weighted by molar-refractivity contribution is 6.30. The fourth-order valence-electron chi connectivity index (χ4n) is 2.72. The normalized spacial score (nSPS) is 25.1. The van der Waals surface area contributed by atoms with Gasteiger partial charge in [-0.25, -0.2) is 0 Å². The van der Waals surface area contributed by atoms with Crippen molar-refractivity contribution in [2.45, 2.75) is 45.4 Å². The Morgan fingerprint density at radius 1 is 1.20 bits per heavy atom. The monoisotopic (exact) mass is 222 g/mol. The number of hydrogen-bond acceptors (Lipinski definition) is 0. The van der Waals surface area contributed by atoms with Crippen LogP contribution in [0.5, 0.6) is 0 Å². The van der Waals surface area contributed by atoms with Crippen LogP contribution in [-0.2, 0) is 0 Å². The molecule has 0 aromatic heterocycles. The second kappa shape index (κ2) is 4.17. The molecule has 1 aliphatic carbocycles. The molecule has 0 spiro atoms. The van der Waals surface area contributed by atoms with Crippen molar-refractivity contribution in [2.24, 2.45) is 5.41 Å². The lowest BCUT2D eigenvalue weighted by Crippen LogP contribution is -2.21. The highest BCUT2D eigenvalue weighted by atomic mass is 35.5. The van der Waals surface area contributed by atoms with E-state index in [0.29, 0.717) is 5.41 Å². The van der Waals surface area contributed by atoms with E-state index in [1.165, 1.54) is 31.2 Å². The van der Waals surface area contributed by atoms with Gasteiger partial charge in [0.2, 0.25) is 0 Å². The molecule has 0 bridgehead atoms. The topological polar surface area (TPSA) is 0 Å². The molecule has 1 fully saturated rings. The number of rotatable bonds is 1. The van der Waals surface area contributed by atoms with E-state index in [4.69, 9.17) is 11.6 Å². The first kappa shape index (κ1) is 11.0. The van der Waals surface area contributed by atoms with Crippen molar-refractivity contribution in [1.82, 2.24) is 0 Å². The average molecular weight is 223 g/mol.